The van der Waals surface area contributed by atoms with E-state index in [0.29, 0.717) is 23.0 Å². The standard InChI is InChI=1S/C9H9ClN4O/c1-15-8-3-2-6(4-7(8)10)5-9-11-13-14-12-9/h2-4H,5H2,1H3,(H,11,12,13,14). The molecule has 0 aliphatic heterocycles. The molecule has 0 aliphatic carbocycles. The van der Waals surface area contributed by atoms with Crippen molar-refractivity contribution >= 4 is 11.6 Å². The average molecular weight is 225 g/mol. The van der Waals surface area contributed by atoms with Crippen LogP contribution in [0.5, 0.6) is 5.75 Å². The van der Waals surface area contributed by atoms with Gasteiger partial charge in [0, 0.05) is 6.42 Å². The Morgan fingerprint density at radius 2 is 2.33 bits per heavy atom. The first-order chi connectivity index (χ1) is 7.29. The molecule has 6 heteroatoms. The van der Waals surface area contributed by atoms with E-state index in [4.69, 9.17) is 16.3 Å². The summed E-state index contributed by atoms with van der Waals surface area (Å²) in [6, 6.07) is 5.57. The van der Waals surface area contributed by atoms with Crippen molar-refractivity contribution in [1.29, 1.82) is 0 Å². The van der Waals surface area contributed by atoms with Gasteiger partial charge in [-0.3, -0.25) is 0 Å². The Kier molecular flexibility index (Phi) is 2.82. The number of rotatable bonds is 3. The van der Waals surface area contributed by atoms with Crippen molar-refractivity contribution in [3.63, 3.8) is 0 Å². The van der Waals surface area contributed by atoms with Crippen molar-refractivity contribution in [2.45, 2.75) is 6.42 Å². The van der Waals surface area contributed by atoms with E-state index in [1.54, 1.807) is 7.11 Å². The lowest BCUT2D eigenvalue weighted by Gasteiger charge is -2.04. The van der Waals surface area contributed by atoms with Gasteiger partial charge in [0.25, 0.3) is 0 Å². The molecule has 1 heterocycles. The van der Waals surface area contributed by atoms with Crippen LogP contribution in [0, 0.1) is 0 Å². The number of nitrogens with one attached hydrogen (secondary N) is 1. The van der Waals surface area contributed by atoms with Gasteiger partial charge >= 0.3 is 0 Å². The fourth-order valence-corrected chi connectivity index (χ4v) is 1.54. The Labute approximate surface area is 91.4 Å². The molecular formula is C9H9ClN4O. The second kappa shape index (κ2) is 4.27. The minimum atomic E-state index is 0.582. The number of hydrogen-bond donors (Lipinski definition) is 1. The number of methoxy groups -OCH3 is 1. The molecule has 0 saturated heterocycles. The van der Waals surface area contributed by atoms with E-state index in [0.717, 1.165) is 5.56 Å². The quantitative estimate of drug-likeness (QED) is 0.857. The predicted molar refractivity (Wildman–Crippen MR) is 55.0 cm³/mol. The van der Waals surface area contributed by atoms with Gasteiger partial charge in [-0.1, -0.05) is 22.9 Å². The second-order valence-corrected chi connectivity index (χ2v) is 3.38. The van der Waals surface area contributed by atoms with Gasteiger partial charge in [-0.05, 0) is 17.7 Å². The molecule has 0 atom stereocenters. The van der Waals surface area contributed by atoms with Gasteiger partial charge in [-0.2, -0.15) is 5.21 Å². The Morgan fingerprint density at radius 1 is 1.47 bits per heavy atom. The van der Waals surface area contributed by atoms with Gasteiger partial charge in [0.15, 0.2) is 5.82 Å². The van der Waals surface area contributed by atoms with E-state index in [1.165, 1.54) is 0 Å². The molecule has 0 amide bonds. The van der Waals surface area contributed by atoms with Crippen LogP contribution in [0.4, 0.5) is 0 Å². The van der Waals surface area contributed by atoms with Crippen molar-refractivity contribution in [3.05, 3.63) is 34.6 Å². The monoisotopic (exact) mass is 224 g/mol. The predicted octanol–water partition coefficient (Wildman–Crippen LogP) is 1.45. The Bertz CT molecular complexity index is 443. The van der Waals surface area contributed by atoms with Crippen LogP contribution in [0.3, 0.4) is 0 Å². The summed E-state index contributed by atoms with van der Waals surface area (Å²) < 4.78 is 5.05. The maximum Gasteiger partial charge on any atom is 0.178 e. The van der Waals surface area contributed by atoms with Crippen LogP contribution in [-0.4, -0.2) is 27.7 Å². The van der Waals surface area contributed by atoms with Gasteiger partial charge in [0.2, 0.25) is 0 Å². The number of ether oxygens (including phenoxy) is 1. The first kappa shape index (κ1) is 9.92. The largest absolute Gasteiger partial charge is 0.495 e. The third-order valence-electron chi connectivity index (χ3n) is 1.97. The summed E-state index contributed by atoms with van der Waals surface area (Å²) >= 11 is 5.98. The first-order valence-electron chi connectivity index (χ1n) is 4.34. The SMILES string of the molecule is COc1ccc(Cc2nn[nH]n2)cc1Cl. The van der Waals surface area contributed by atoms with Crippen LogP contribution < -0.4 is 4.74 Å². The van der Waals surface area contributed by atoms with Crippen LogP contribution in [-0.2, 0) is 6.42 Å². The summed E-state index contributed by atoms with van der Waals surface area (Å²) in [6.07, 6.45) is 0.597. The molecule has 2 rings (SSSR count). The van der Waals surface area contributed by atoms with Gasteiger partial charge < -0.3 is 4.74 Å². The fraction of sp³-hybridized carbons (Fsp3) is 0.222. The molecule has 0 fully saturated rings. The average Bonchev–Trinajstić information content (AvgIpc) is 2.71. The molecule has 78 valence electrons. The molecule has 0 radical (unpaired) electrons. The van der Waals surface area contributed by atoms with E-state index < -0.39 is 0 Å². The molecule has 0 bridgehead atoms. The maximum absolute atomic E-state index is 5.98. The van der Waals surface area contributed by atoms with Crippen molar-refractivity contribution < 1.29 is 4.74 Å². The molecule has 2 aromatic rings. The summed E-state index contributed by atoms with van der Waals surface area (Å²) in [6.45, 7) is 0. The minimum absolute atomic E-state index is 0.582. The zero-order chi connectivity index (χ0) is 10.7. The zero-order valence-electron chi connectivity index (χ0n) is 8.07. The van der Waals surface area contributed by atoms with Crippen molar-refractivity contribution in [2.75, 3.05) is 7.11 Å². The minimum Gasteiger partial charge on any atom is -0.495 e. The summed E-state index contributed by atoms with van der Waals surface area (Å²) in [5, 5.41) is 14.2. The van der Waals surface area contributed by atoms with Crippen molar-refractivity contribution in [3.8, 4) is 5.75 Å². The molecular weight excluding hydrogens is 216 g/mol. The van der Waals surface area contributed by atoms with E-state index in [-0.39, 0.29) is 0 Å². The smallest absolute Gasteiger partial charge is 0.178 e. The number of benzene rings is 1. The van der Waals surface area contributed by atoms with Crippen LogP contribution in [0.25, 0.3) is 0 Å². The molecule has 1 aromatic heterocycles. The number of nitrogens with zero attached hydrogens (tertiary/aromatic N) is 3. The first-order valence-corrected chi connectivity index (χ1v) is 4.72. The summed E-state index contributed by atoms with van der Waals surface area (Å²) in [5.74, 6) is 1.30. The lowest BCUT2D eigenvalue weighted by Crippen LogP contribution is -1.92. The summed E-state index contributed by atoms with van der Waals surface area (Å²) in [4.78, 5) is 0. The highest BCUT2D eigenvalue weighted by Crippen LogP contribution is 2.25. The van der Waals surface area contributed by atoms with Crippen LogP contribution in [0.2, 0.25) is 5.02 Å². The highest BCUT2D eigenvalue weighted by molar-refractivity contribution is 6.32. The van der Waals surface area contributed by atoms with E-state index in [1.807, 2.05) is 18.2 Å². The number of tetrazole rings is 1. The molecule has 5 nitrogen and oxygen atoms in total. The molecule has 0 unspecified atom stereocenters. The third-order valence-corrected chi connectivity index (χ3v) is 2.26. The molecule has 0 spiro atoms. The van der Waals surface area contributed by atoms with Gasteiger partial charge in [0.1, 0.15) is 5.75 Å². The number of aromatic amines is 1. The van der Waals surface area contributed by atoms with E-state index in [9.17, 15) is 0 Å². The van der Waals surface area contributed by atoms with Crippen LogP contribution >= 0.6 is 11.6 Å². The fourth-order valence-electron chi connectivity index (χ4n) is 1.26. The second-order valence-electron chi connectivity index (χ2n) is 2.97. The summed E-state index contributed by atoms with van der Waals surface area (Å²) in [7, 11) is 1.58. The Morgan fingerprint density at radius 3 is 2.93 bits per heavy atom. The van der Waals surface area contributed by atoms with Crippen molar-refractivity contribution in [2.24, 2.45) is 0 Å². The van der Waals surface area contributed by atoms with Gasteiger partial charge in [-0.25, -0.2) is 0 Å². The number of H-pyrrole nitrogens is 1. The maximum atomic E-state index is 5.98. The van der Waals surface area contributed by atoms with E-state index in [2.05, 4.69) is 20.6 Å². The molecule has 1 N–H and O–H groups in total. The lowest BCUT2D eigenvalue weighted by molar-refractivity contribution is 0.415. The highest BCUT2D eigenvalue weighted by atomic mass is 35.5. The normalized spacial score (nSPS) is 10.3. The third kappa shape index (κ3) is 2.24. The van der Waals surface area contributed by atoms with Crippen LogP contribution in [0.1, 0.15) is 11.4 Å². The number of halogens is 1. The Balaban J connectivity index is 2.20. The van der Waals surface area contributed by atoms with Crippen LogP contribution in [0.15, 0.2) is 18.2 Å². The molecule has 0 aliphatic rings. The topological polar surface area (TPSA) is 63.7 Å². The van der Waals surface area contributed by atoms with E-state index >= 15 is 0 Å². The summed E-state index contributed by atoms with van der Waals surface area (Å²) in [5.41, 5.74) is 1.02. The van der Waals surface area contributed by atoms with Gasteiger partial charge in [0.05, 0.1) is 12.1 Å². The molecule has 15 heavy (non-hydrogen) atoms. The highest BCUT2D eigenvalue weighted by Gasteiger charge is 2.04. The number of aromatic nitrogens is 4. The number of hydrogen-bond acceptors (Lipinski definition) is 4. The lowest BCUT2D eigenvalue weighted by atomic mass is 10.1. The van der Waals surface area contributed by atoms with Gasteiger partial charge in [-0.15, -0.1) is 10.2 Å². The molecule has 0 saturated carbocycles. The Hall–Kier alpha value is -1.62. The molecule has 1 aromatic carbocycles. The van der Waals surface area contributed by atoms with Crippen molar-refractivity contribution in [1.82, 2.24) is 20.6 Å². The zero-order valence-corrected chi connectivity index (χ0v) is 8.82.